The van der Waals surface area contributed by atoms with Crippen molar-refractivity contribution in [2.45, 2.75) is 33.4 Å². The Labute approximate surface area is 201 Å². The second kappa shape index (κ2) is 13.2. The Morgan fingerprint density at radius 3 is 2.60 bits per heavy atom. The average molecular weight is 544 g/mol. The summed E-state index contributed by atoms with van der Waals surface area (Å²) in [5.74, 6) is 1.42. The molecule has 1 fully saturated rings. The minimum Gasteiger partial charge on any atom is -0.379 e. The maximum absolute atomic E-state index is 5.51. The van der Waals surface area contributed by atoms with Crippen LogP contribution in [0.15, 0.2) is 40.7 Å². The highest BCUT2D eigenvalue weighted by molar-refractivity contribution is 14.0. The molecule has 2 heterocycles. The van der Waals surface area contributed by atoms with E-state index in [1.807, 2.05) is 18.2 Å². The van der Waals surface area contributed by atoms with E-state index in [1.54, 1.807) is 11.3 Å². The molecule has 166 valence electrons. The van der Waals surface area contributed by atoms with Crippen molar-refractivity contribution < 1.29 is 4.74 Å². The third-order valence-electron chi connectivity index (χ3n) is 5.10. The van der Waals surface area contributed by atoms with E-state index in [0.29, 0.717) is 18.5 Å². The van der Waals surface area contributed by atoms with Crippen molar-refractivity contribution in [1.29, 1.82) is 0 Å². The number of nitrogens with zero attached hydrogens (tertiary/aromatic N) is 3. The minimum atomic E-state index is 0. The normalized spacial score (nSPS) is 16.2. The van der Waals surface area contributed by atoms with Gasteiger partial charge in [0.1, 0.15) is 5.01 Å². The predicted octanol–water partition coefficient (Wildman–Crippen LogP) is 3.84. The molecule has 1 aliphatic heterocycles. The molecule has 0 aliphatic carbocycles. The number of guanidine groups is 1. The largest absolute Gasteiger partial charge is 0.379 e. The number of aromatic nitrogens is 1. The van der Waals surface area contributed by atoms with Crippen molar-refractivity contribution in [2.75, 3.05) is 39.4 Å². The zero-order chi connectivity index (χ0) is 20.5. The Balaban J connectivity index is 0.00000320. The first-order chi connectivity index (χ1) is 14.2. The van der Waals surface area contributed by atoms with E-state index in [-0.39, 0.29) is 24.0 Å². The molecule has 1 aliphatic rings. The Hall–Kier alpha value is -1.23. The molecule has 1 atom stereocenters. The van der Waals surface area contributed by atoms with Crippen molar-refractivity contribution >= 4 is 41.3 Å². The van der Waals surface area contributed by atoms with Gasteiger partial charge in [-0.15, -0.1) is 35.3 Å². The molecule has 1 aromatic carbocycles. The number of nitrogens with one attached hydrogen (secondary N) is 2. The first kappa shape index (κ1) is 25.0. The summed E-state index contributed by atoms with van der Waals surface area (Å²) in [6.07, 6.45) is 0. The van der Waals surface area contributed by atoms with Gasteiger partial charge in [0.25, 0.3) is 0 Å². The summed E-state index contributed by atoms with van der Waals surface area (Å²) in [5, 5.41) is 10.0. The van der Waals surface area contributed by atoms with Crippen molar-refractivity contribution in [3.05, 3.63) is 40.7 Å². The van der Waals surface area contributed by atoms with Crippen LogP contribution in [0, 0.1) is 5.92 Å². The molecule has 0 radical (unpaired) electrons. The fourth-order valence-corrected chi connectivity index (χ4v) is 4.24. The third kappa shape index (κ3) is 7.47. The molecular weight excluding hydrogens is 509 g/mol. The number of thiazole rings is 1. The number of hydrogen-bond donors (Lipinski definition) is 2. The van der Waals surface area contributed by atoms with Gasteiger partial charge in [-0.1, -0.05) is 44.2 Å². The minimum absolute atomic E-state index is 0. The van der Waals surface area contributed by atoms with E-state index in [2.05, 4.69) is 53.8 Å². The van der Waals surface area contributed by atoms with Crippen LogP contribution in [0.3, 0.4) is 0 Å². The highest BCUT2D eigenvalue weighted by Crippen LogP contribution is 2.21. The lowest BCUT2D eigenvalue weighted by Gasteiger charge is -2.37. The topological polar surface area (TPSA) is 61.8 Å². The van der Waals surface area contributed by atoms with Gasteiger partial charge < -0.3 is 15.4 Å². The van der Waals surface area contributed by atoms with Crippen LogP contribution < -0.4 is 10.6 Å². The maximum Gasteiger partial charge on any atom is 0.191 e. The summed E-state index contributed by atoms with van der Waals surface area (Å²) in [4.78, 5) is 12.0. The molecule has 1 aromatic heterocycles. The second-order valence-electron chi connectivity index (χ2n) is 7.53. The fraction of sp³-hybridized carbons (Fsp3) is 0.545. The van der Waals surface area contributed by atoms with Gasteiger partial charge in [0.2, 0.25) is 0 Å². The molecule has 3 rings (SSSR count). The monoisotopic (exact) mass is 543 g/mol. The van der Waals surface area contributed by atoms with Gasteiger partial charge in [0, 0.05) is 43.2 Å². The van der Waals surface area contributed by atoms with Crippen molar-refractivity contribution in [1.82, 2.24) is 20.5 Å². The van der Waals surface area contributed by atoms with E-state index in [1.165, 1.54) is 0 Å². The summed E-state index contributed by atoms with van der Waals surface area (Å²) in [6.45, 7) is 12.6. The van der Waals surface area contributed by atoms with Crippen LogP contribution in [0.5, 0.6) is 0 Å². The summed E-state index contributed by atoms with van der Waals surface area (Å²) >= 11 is 1.66. The van der Waals surface area contributed by atoms with E-state index in [4.69, 9.17) is 14.7 Å². The standard InChI is InChI=1S/C22H33N5OS.HI/c1-4-23-22(24-14-20(17(2)3)27-10-12-28-13-11-27)25-15-21-26-19(16-29-21)18-8-6-5-7-9-18;/h5-9,16-17,20H,4,10-15H2,1-3H3,(H2,23,24,25);1H. The van der Waals surface area contributed by atoms with Gasteiger partial charge in [0.05, 0.1) is 25.5 Å². The first-order valence-electron chi connectivity index (χ1n) is 10.5. The first-order valence-corrected chi connectivity index (χ1v) is 11.4. The SMILES string of the molecule is CCNC(=NCc1nc(-c2ccccc2)cs1)NCC(C(C)C)N1CCOCC1.I. The number of ether oxygens (including phenoxy) is 1. The number of morpholine rings is 1. The van der Waals surface area contributed by atoms with Gasteiger partial charge in [-0.2, -0.15) is 0 Å². The molecule has 1 saturated heterocycles. The number of aliphatic imine (C=N–C) groups is 1. The Bertz CT molecular complexity index is 762. The van der Waals surface area contributed by atoms with Crippen LogP contribution >= 0.6 is 35.3 Å². The Kier molecular flexibility index (Phi) is 11.0. The molecule has 2 N–H and O–H groups in total. The zero-order valence-electron chi connectivity index (χ0n) is 18.1. The predicted molar refractivity (Wildman–Crippen MR) is 137 cm³/mol. The number of halogens is 1. The molecular formula is C22H34IN5OS. The van der Waals surface area contributed by atoms with Gasteiger partial charge >= 0.3 is 0 Å². The molecule has 2 aromatic rings. The lowest BCUT2D eigenvalue weighted by molar-refractivity contribution is 0.00752. The van der Waals surface area contributed by atoms with Crippen molar-refractivity contribution in [3.8, 4) is 11.3 Å². The fourth-order valence-electron chi connectivity index (χ4n) is 3.51. The average Bonchev–Trinajstić information content (AvgIpc) is 3.22. The van der Waals surface area contributed by atoms with Crippen LogP contribution in [0.2, 0.25) is 0 Å². The summed E-state index contributed by atoms with van der Waals surface area (Å²) in [6, 6.07) is 10.7. The second-order valence-corrected chi connectivity index (χ2v) is 8.47. The van der Waals surface area contributed by atoms with E-state index < -0.39 is 0 Å². The molecule has 8 heteroatoms. The molecule has 6 nitrogen and oxygen atoms in total. The van der Waals surface area contributed by atoms with Gasteiger partial charge in [0.15, 0.2) is 5.96 Å². The zero-order valence-corrected chi connectivity index (χ0v) is 21.3. The number of rotatable bonds is 8. The van der Waals surface area contributed by atoms with E-state index >= 15 is 0 Å². The highest BCUT2D eigenvalue weighted by atomic mass is 127. The van der Waals surface area contributed by atoms with Crippen LogP contribution in [-0.4, -0.2) is 61.3 Å². The smallest absolute Gasteiger partial charge is 0.191 e. The van der Waals surface area contributed by atoms with E-state index in [9.17, 15) is 0 Å². The quantitative estimate of drug-likeness (QED) is 0.301. The molecule has 0 spiro atoms. The number of hydrogen-bond acceptors (Lipinski definition) is 5. The lowest BCUT2D eigenvalue weighted by Crippen LogP contribution is -2.52. The van der Waals surface area contributed by atoms with Crippen LogP contribution in [0.1, 0.15) is 25.8 Å². The highest BCUT2D eigenvalue weighted by Gasteiger charge is 2.23. The lowest BCUT2D eigenvalue weighted by atomic mass is 10.0. The summed E-state index contributed by atoms with van der Waals surface area (Å²) in [5.41, 5.74) is 2.17. The van der Waals surface area contributed by atoms with Crippen LogP contribution in [0.25, 0.3) is 11.3 Å². The van der Waals surface area contributed by atoms with Crippen LogP contribution in [0.4, 0.5) is 0 Å². The van der Waals surface area contributed by atoms with Gasteiger partial charge in [-0.05, 0) is 12.8 Å². The molecule has 0 amide bonds. The number of benzene rings is 1. The van der Waals surface area contributed by atoms with E-state index in [0.717, 1.165) is 61.6 Å². The van der Waals surface area contributed by atoms with Crippen molar-refractivity contribution in [3.63, 3.8) is 0 Å². The summed E-state index contributed by atoms with van der Waals surface area (Å²) in [7, 11) is 0. The maximum atomic E-state index is 5.51. The van der Waals surface area contributed by atoms with Gasteiger partial charge in [-0.3, -0.25) is 4.90 Å². The summed E-state index contributed by atoms with van der Waals surface area (Å²) < 4.78 is 5.51. The molecule has 0 saturated carbocycles. The molecule has 0 bridgehead atoms. The molecule has 1 unspecified atom stereocenters. The van der Waals surface area contributed by atoms with Crippen LogP contribution in [-0.2, 0) is 11.3 Å². The third-order valence-corrected chi connectivity index (χ3v) is 5.93. The van der Waals surface area contributed by atoms with Gasteiger partial charge in [-0.25, -0.2) is 9.98 Å². The molecule has 30 heavy (non-hydrogen) atoms. The van der Waals surface area contributed by atoms with Crippen molar-refractivity contribution in [2.24, 2.45) is 10.9 Å². The Morgan fingerprint density at radius 2 is 1.93 bits per heavy atom. The Morgan fingerprint density at radius 1 is 1.20 bits per heavy atom.